The molecule has 2 fully saturated rings. The minimum Gasteiger partial charge on any atom is -0.409 e. The van der Waals surface area contributed by atoms with Crippen molar-refractivity contribution in [2.24, 2.45) is 22.2 Å². The average molecular weight is 240 g/mol. The molecule has 0 spiro atoms. The van der Waals surface area contributed by atoms with Gasteiger partial charge in [0.1, 0.15) is 5.84 Å². The zero-order valence-electron chi connectivity index (χ0n) is 10.7. The van der Waals surface area contributed by atoms with Crippen molar-refractivity contribution in [2.75, 3.05) is 33.2 Å². The van der Waals surface area contributed by atoms with Crippen LogP contribution < -0.4 is 11.1 Å². The number of nitrogens with zero attached hydrogens (tertiary/aromatic N) is 2. The summed E-state index contributed by atoms with van der Waals surface area (Å²) in [5.74, 6) is 1.16. The number of amidine groups is 1. The lowest BCUT2D eigenvalue weighted by Gasteiger charge is -2.17. The molecule has 1 heterocycles. The molecule has 5 heteroatoms. The smallest absolute Gasteiger partial charge is 0.139 e. The van der Waals surface area contributed by atoms with E-state index in [1.54, 1.807) is 0 Å². The van der Waals surface area contributed by atoms with Crippen LogP contribution in [0.2, 0.25) is 0 Å². The summed E-state index contributed by atoms with van der Waals surface area (Å²) in [4.78, 5) is 2.38. The van der Waals surface area contributed by atoms with Crippen molar-refractivity contribution in [2.45, 2.75) is 25.7 Å². The third kappa shape index (κ3) is 3.57. The second-order valence-corrected chi connectivity index (χ2v) is 5.82. The van der Waals surface area contributed by atoms with E-state index >= 15 is 0 Å². The van der Waals surface area contributed by atoms with Crippen LogP contribution >= 0.6 is 0 Å². The number of rotatable bonds is 6. The summed E-state index contributed by atoms with van der Waals surface area (Å²) < 4.78 is 0. The standard InChI is InChI=1S/C12H24N4O/c1-16-5-2-10(8-16)7-14-9-12(3-4-12)6-11(13)15-17/h10,14,17H,2-9H2,1H3,(H2,13,15). The van der Waals surface area contributed by atoms with Crippen LogP contribution in [0, 0.1) is 11.3 Å². The second kappa shape index (κ2) is 5.23. The monoisotopic (exact) mass is 240 g/mol. The number of likely N-dealkylation sites (tertiary alicyclic amines) is 1. The van der Waals surface area contributed by atoms with E-state index in [4.69, 9.17) is 10.9 Å². The van der Waals surface area contributed by atoms with Crippen molar-refractivity contribution in [1.82, 2.24) is 10.2 Å². The zero-order chi connectivity index (χ0) is 12.3. The van der Waals surface area contributed by atoms with E-state index in [9.17, 15) is 0 Å². The quantitative estimate of drug-likeness (QED) is 0.273. The van der Waals surface area contributed by atoms with E-state index in [-0.39, 0.29) is 5.41 Å². The van der Waals surface area contributed by atoms with E-state index < -0.39 is 0 Å². The molecular weight excluding hydrogens is 216 g/mol. The van der Waals surface area contributed by atoms with E-state index in [0.717, 1.165) is 25.4 Å². The van der Waals surface area contributed by atoms with Crippen molar-refractivity contribution in [3.05, 3.63) is 0 Å². The summed E-state index contributed by atoms with van der Waals surface area (Å²) in [5, 5.41) is 15.2. The lowest BCUT2D eigenvalue weighted by molar-refractivity contribution is 0.313. The molecule has 0 radical (unpaired) electrons. The summed E-state index contributed by atoms with van der Waals surface area (Å²) in [6.07, 6.45) is 4.42. The topological polar surface area (TPSA) is 73.9 Å². The molecule has 2 rings (SSSR count). The average Bonchev–Trinajstić information content (AvgIpc) is 2.93. The molecule has 0 amide bonds. The predicted molar refractivity (Wildman–Crippen MR) is 68.2 cm³/mol. The molecule has 0 bridgehead atoms. The molecular formula is C12H24N4O. The Morgan fingerprint density at radius 2 is 2.35 bits per heavy atom. The van der Waals surface area contributed by atoms with Crippen LogP contribution in [0.25, 0.3) is 0 Å². The Kier molecular flexibility index (Phi) is 3.89. The van der Waals surface area contributed by atoms with Gasteiger partial charge in [-0.2, -0.15) is 0 Å². The molecule has 2 aliphatic rings. The first-order valence-corrected chi connectivity index (χ1v) is 6.49. The minimum atomic E-state index is 0.279. The highest BCUT2D eigenvalue weighted by Gasteiger charge is 2.43. The highest BCUT2D eigenvalue weighted by atomic mass is 16.4. The van der Waals surface area contributed by atoms with Gasteiger partial charge in [0.25, 0.3) is 0 Å². The number of hydrogen-bond acceptors (Lipinski definition) is 4. The maximum Gasteiger partial charge on any atom is 0.139 e. The molecule has 1 aliphatic heterocycles. The van der Waals surface area contributed by atoms with Crippen molar-refractivity contribution >= 4 is 5.84 Å². The number of oxime groups is 1. The van der Waals surface area contributed by atoms with Crippen LogP contribution in [-0.2, 0) is 0 Å². The summed E-state index contributed by atoms with van der Waals surface area (Å²) >= 11 is 0. The van der Waals surface area contributed by atoms with Crippen molar-refractivity contribution in [3.63, 3.8) is 0 Å². The second-order valence-electron chi connectivity index (χ2n) is 5.82. The highest BCUT2D eigenvalue weighted by molar-refractivity contribution is 5.80. The van der Waals surface area contributed by atoms with Gasteiger partial charge in [-0.05, 0) is 50.7 Å². The number of nitrogens with two attached hydrogens (primary N) is 1. The Morgan fingerprint density at radius 3 is 2.88 bits per heavy atom. The molecule has 0 aromatic carbocycles. The molecule has 1 aliphatic carbocycles. The fourth-order valence-electron chi connectivity index (χ4n) is 2.75. The Morgan fingerprint density at radius 1 is 1.59 bits per heavy atom. The van der Waals surface area contributed by atoms with Crippen LogP contribution in [0.1, 0.15) is 25.7 Å². The van der Waals surface area contributed by atoms with E-state index in [1.807, 2.05) is 0 Å². The molecule has 1 saturated heterocycles. The van der Waals surface area contributed by atoms with Crippen LogP contribution in [0.4, 0.5) is 0 Å². The lowest BCUT2D eigenvalue weighted by Crippen LogP contribution is -2.32. The molecule has 5 nitrogen and oxygen atoms in total. The molecule has 98 valence electrons. The summed E-state index contributed by atoms with van der Waals surface area (Å²) in [6.45, 7) is 4.54. The van der Waals surface area contributed by atoms with Gasteiger partial charge in [-0.25, -0.2) is 0 Å². The zero-order valence-corrected chi connectivity index (χ0v) is 10.7. The molecule has 17 heavy (non-hydrogen) atoms. The molecule has 4 N–H and O–H groups in total. The van der Waals surface area contributed by atoms with E-state index in [0.29, 0.717) is 5.84 Å². The van der Waals surface area contributed by atoms with Gasteiger partial charge in [0.05, 0.1) is 0 Å². The Hall–Kier alpha value is -0.810. The maximum absolute atomic E-state index is 8.59. The van der Waals surface area contributed by atoms with E-state index in [1.165, 1.54) is 32.4 Å². The summed E-state index contributed by atoms with van der Waals surface area (Å²) in [6, 6.07) is 0. The van der Waals surface area contributed by atoms with Crippen LogP contribution in [0.3, 0.4) is 0 Å². The van der Waals surface area contributed by atoms with Crippen molar-refractivity contribution in [3.8, 4) is 0 Å². The predicted octanol–water partition coefficient (Wildman–Crippen LogP) is 0.444. The van der Waals surface area contributed by atoms with Gasteiger partial charge in [0, 0.05) is 19.5 Å². The number of hydrogen-bond donors (Lipinski definition) is 3. The first-order chi connectivity index (χ1) is 8.13. The van der Waals surface area contributed by atoms with Gasteiger partial charge < -0.3 is 21.2 Å². The van der Waals surface area contributed by atoms with Gasteiger partial charge in [-0.15, -0.1) is 0 Å². The maximum atomic E-state index is 8.59. The Labute approximate surface area is 103 Å². The number of nitrogens with one attached hydrogen (secondary N) is 1. The SMILES string of the molecule is CN1CCC(CNCC2(CC(N)=NO)CC2)C1. The van der Waals surface area contributed by atoms with Gasteiger partial charge >= 0.3 is 0 Å². The molecule has 0 aromatic heterocycles. The van der Waals surface area contributed by atoms with Gasteiger partial charge in [-0.1, -0.05) is 5.16 Å². The van der Waals surface area contributed by atoms with Crippen molar-refractivity contribution in [1.29, 1.82) is 0 Å². The largest absolute Gasteiger partial charge is 0.409 e. The first-order valence-electron chi connectivity index (χ1n) is 6.49. The highest BCUT2D eigenvalue weighted by Crippen LogP contribution is 2.48. The normalized spacial score (nSPS) is 28.5. The lowest BCUT2D eigenvalue weighted by atomic mass is 10.0. The fourth-order valence-corrected chi connectivity index (χ4v) is 2.75. The molecule has 1 unspecified atom stereocenters. The van der Waals surface area contributed by atoms with E-state index in [2.05, 4.69) is 22.4 Å². The third-order valence-corrected chi connectivity index (χ3v) is 4.06. The Bertz CT molecular complexity index is 288. The molecule has 1 atom stereocenters. The van der Waals surface area contributed by atoms with Crippen LogP contribution in [0.15, 0.2) is 5.16 Å². The van der Waals surface area contributed by atoms with Crippen LogP contribution in [-0.4, -0.2) is 49.2 Å². The molecule has 1 saturated carbocycles. The molecule has 0 aromatic rings. The fraction of sp³-hybridized carbons (Fsp3) is 0.917. The third-order valence-electron chi connectivity index (χ3n) is 4.06. The van der Waals surface area contributed by atoms with Crippen LogP contribution in [0.5, 0.6) is 0 Å². The summed E-state index contributed by atoms with van der Waals surface area (Å²) in [5.41, 5.74) is 5.86. The van der Waals surface area contributed by atoms with Gasteiger partial charge in [0.2, 0.25) is 0 Å². The minimum absolute atomic E-state index is 0.279. The Balaban J connectivity index is 1.65. The van der Waals surface area contributed by atoms with Gasteiger partial charge in [-0.3, -0.25) is 0 Å². The van der Waals surface area contributed by atoms with Gasteiger partial charge in [0.15, 0.2) is 0 Å². The van der Waals surface area contributed by atoms with Crippen molar-refractivity contribution < 1.29 is 5.21 Å². The first kappa shape index (κ1) is 12.6. The summed E-state index contributed by atoms with van der Waals surface area (Å²) in [7, 11) is 2.18.